The smallest absolute Gasteiger partial charge is 0.303 e. The van der Waals surface area contributed by atoms with Crippen LogP contribution in [-0.2, 0) is 4.79 Å². The third-order valence-electron chi connectivity index (χ3n) is 3.41. The predicted molar refractivity (Wildman–Crippen MR) is 98.5 cm³/mol. The summed E-state index contributed by atoms with van der Waals surface area (Å²) in [6, 6.07) is 15.8. The molecule has 0 amide bonds. The third-order valence-corrected chi connectivity index (χ3v) is 5.25. The molecule has 23 heavy (non-hydrogen) atoms. The fourth-order valence-corrected chi connectivity index (χ4v) is 3.68. The van der Waals surface area contributed by atoms with Crippen molar-refractivity contribution in [3.8, 4) is 0 Å². The number of allylic oxidation sites excluding steroid dienone is 1. The van der Waals surface area contributed by atoms with Crippen LogP contribution in [-0.4, -0.2) is 16.1 Å². The number of carbonyl (C=O) groups is 1. The van der Waals surface area contributed by atoms with Crippen molar-refractivity contribution in [3.05, 3.63) is 63.6 Å². The number of thiazole rings is 1. The largest absolute Gasteiger partial charge is 0.481 e. The van der Waals surface area contributed by atoms with Crippen LogP contribution >= 0.6 is 27.3 Å². The second kappa shape index (κ2) is 7.06. The Morgan fingerprint density at radius 2 is 1.87 bits per heavy atom. The van der Waals surface area contributed by atoms with Gasteiger partial charge in [0, 0.05) is 10.9 Å². The Bertz CT molecular complexity index is 852. The van der Waals surface area contributed by atoms with E-state index in [1.54, 1.807) is 11.3 Å². The van der Waals surface area contributed by atoms with Gasteiger partial charge in [0.25, 0.3) is 0 Å². The maximum absolute atomic E-state index is 11.0. The molecule has 0 atom stereocenters. The summed E-state index contributed by atoms with van der Waals surface area (Å²) in [5, 5.41) is 9.89. The van der Waals surface area contributed by atoms with Crippen molar-refractivity contribution in [3.63, 3.8) is 0 Å². The molecular weight excluding hydrogens is 374 g/mol. The Morgan fingerprint density at radius 3 is 2.61 bits per heavy atom. The van der Waals surface area contributed by atoms with Gasteiger partial charge in [-0.1, -0.05) is 46.3 Å². The Labute approximate surface area is 146 Å². The summed E-state index contributed by atoms with van der Waals surface area (Å²) in [5.41, 5.74) is 2.91. The van der Waals surface area contributed by atoms with Gasteiger partial charge in [0.2, 0.25) is 0 Å². The first-order chi connectivity index (χ1) is 11.1. The molecule has 0 aliphatic rings. The number of halogens is 1. The first-order valence-corrected chi connectivity index (χ1v) is 8.77. The summed E-state index contributed by atoms with van der Waals surface area (Å²) in [4.78, 5) is 15.6. The van der Waals surface area contributed by atoms with E-state index in [0.29, 0.717) is 6.42 Å². The van der Waals surface area contributed by atoms with E-state index < -0.39 is 5.97 Å². The van der Waals surface area contributed by atoms with Gasteiger partial charge in [-0.25, -0.2) is 4.98 Å². The molecule has 0 unspecified atom stereocenters. The second-order valence-electron chi connectivity index (χ2n) is 5.07. The van der Waals surface area contributed by atoms with Crippen LogP contribution < -0.4 is 0 Å². The number of aliphatic carboxylic acids is 1. The van der Waals surface area contributed by atoms with E-state index in [1.807, 2.05) is 54.6 Å². The number of carboxylic acids is 1. The first kappa shape index (κ1) is 15.9. The lowest BCUT2D eigenvalue weighted by Crippen LogP contribution is -1.95. The lowest BCUT2D eigenvalue weighted by Gasteiger charge is -2.04. The SMILES string of the molecule is O=C(O)CC/C(=C\c1ccccc1Br)c1nc2ccccc2s1. The lowest BCUT2D eigenvalue weighted by atomic mass is 10.1. The zero-order valence-corrected chi connectivity index (χ0v) is 14.6. The highest BCUT2D eigenvalue weighted by Crippen LogP contribution is 2.32. The van der Waals surface area contributed by atoms with Crippen molar-refractivity contribution in [2.75, 3.05) is 0 Å². The van der Waals surface area contributed by atoms with E-state index in [9.17, 15) is 4.79 Å². The van der Waals surface area contributed by atoms with E-state index in [-0.39, 0.29) is 6.42 Å². The molecule has 0 radical (unpaired) electrons. The Balaban J connectivity index is 2.04. The topological polar surface area (TPSA) is 50.2 Å². The highest BCUT2D eigenvalue weighted by molar-refractivity contribution is 9.10. The number of aromatic nitrogens is 1. The number of rotatable bonds is 5. The summed E-state index contributed by atoms with van der Waals surface area (Å²) in [5.74, 6) is -0.802. The van der Waals surface area contributed by atoms with Crippen molar-refractivity contribution in [2.45, 2.75) is 12.8 Å². The van der Waals surface area contributed by atoms with E-state index in [0.717, 1.165) is 30.8 Å². The third kappa shape index (κ3) is 3.86. The van der Waals surface area contributed by atoms with Crippen molar-refractivity contribution in [1.82, 2.24) is 4.98 Å². The molecule has 3 aromatic rings. The summed E-state index contributed by atoms with van der Waals surface area (Å²) < 4.78 is 2.09. The van der Waals surface area contributed by atoms with E-state index >= 15 is 0 Å². The second-order valence-corrected chi connectivity index (χ2v) is 6.96. The summed E-state index contributed by atoms with van der Waals surface area (Å²) in [6.07, 6.45) is 2.56. The number of hydrogen-bond acceptors (Lipinski definition) is 3. The molecule has 5 heteroatoms. The van der Waals surface area contributed by atoms with Crippen molar-refractivity contribution in [2.24, 2.45) is 0 Å². The van der Waals surface area contributed by atoms with Gasteiger partial charge in [0.05, 0.1) is 10.2 Å². The van der Waals surface area contributed by atoms with Crippen LogP contribution in [0.3, 0.4) is 0 Å². The minimum absolute atomic E-state index is 0.0895. The van der Waals surface area contributed by atoms with Crippen LogP contribution in [0.4, 0.5) is 0 Å². The van der Waals surface area contributed by atoms with Gasteiger partial charge in [-0.15, -0.1) is 11.3 Å². The minimum Gasteiger partial charge on any atom is -0.481 e. The molecular formula is C18H14BrNO2S. The fourth-order valence-electron chi connectivity index (χ4n) is 2.27. The van der Waals surface area contributed by atoms with Gasteiger partial charge in [0.1, 0.15) is 5.01 Å². The molecule has 0 saturated heterocycles. The van der Waals surface area contributed by atoms with Crippen molar-refractivity contribution < 1.29 is 9.90 Å². The Hall–Kier alpha value is -1.98. The number of benzene rings is 2. The molecule has 1 heterocycles. The van der Waals surface area contributed by atoms with E-state index in [2.05, 4.69) is 20.9 Å². The number of hydrogen-bond donors (Lipinski definition) is 1. The number of para-hydroxylation sites is 1. The molecule has 1 aromatic heterocycles. The lowest BCUT2D eigenvalue weighted by molar-refractivity contribution is -0.136. The Morgan fingerprint density at radius 1 is 1.13 bits per heavy atom. The molecule has 1 N–H and O–H groups in total. The van der Waals surface area contributed by atoms with E-state index in [1.165, 1.54) is 0 Å². The Kier molecular flexibility index (Phi) is 4.88. The van der Waals surface area contributed by atoms with Gasteiger partial charge < -0.3 is 5.11 Å². The van der Waals surface area contributed by atoms with Crippen LogP contribution in [0, 0.1) is 0 Å². The average Bonchev–Trinajstić information content (AvgIpc) is 2.96. The summed E-state index contributed by atoms with van der Waals surface area (Å²) in [7, 11) is 0. The summed E-state index contributed by atoms with van der Waals surface area (Å²) >= 11 is 5.13. The van der Waals surface area contributed by atoms with Crippen LogP contribution in [0.15, 0.2) is 53.0 Å². The van der Waals surface area contributed by atoms with Crippen molar-refractivity contribution >= 4 is 55.1 Å². The quantitative estimate of drug-likeness (QED) is 0.631. The fraction of sp³-hybridized carbons (Fsp3) is 0.111. The zero-order valence-electron chi connectivity index (χ0n) is 12.2. The maximum atomic E-state index is 11.0. The molecule has 0 aliphatic carbocycles. The van der Waals surface area contributed by atoms with Crippen molar-refractivity contribution in [1.29, 1.82) is 0 Å². The van der Waals surface area contributed by atoms with Crippen LogP contribution in [0.2, 0.25) is 0 Å². The van der Waals surface area contributed by atoms with Gasteiger partial charge in [0.15, 0.2) is 0 Å². The van der Waals surface area contributed by atoms with Crippen LogP contribution in [0.1, 0.15) is 23.4 Å². The molecule has 2 aromatic carbocycles. The molecule has 0 aliphatic heterocycles. The summed E-state index contributed by atoms with van der Waals surface area (Å²) in [6.45, 7) is 0. The minimum atomic E-state index is -0.802. The monoisotopic (exact) mass is 387 g/mol. The number of carboxylic acid groups (broad SMARTS) is 1. The highest BCUT2D eigenvalue weighted by Gasteiger charge is 2.11. The standard InChI is InChI=1S/C18H14BrNO2S/c19-14-6-2-1-5-12(14)11-13(9-10-17(21)22)18-20-15-7-3-4-8-16(15)23-18/h1-8,11H,9-10H2,(H,21,22)/b13-11+. The normalized spacial score (nSPS) is 11.8. The molecule has 0 spiro atoms. The maximum Gasteiger partial charge on any atom is 0.303 e. The van der Waals surface area contributed by atoms with Crippen LogP contribution in [0.25, 0.3) is 21.9 Å². The molecule has 116 valence electrons. The average molecular weight is 388 g/mol. The highest BCUT2D eigenvalue weighted by atomic mass is 79.9. The first-order valence-electron chi connectivity index (χ1n) is 7.16. The predicted octanol–water partition coefficient (Wildman–Crippen LogP) is 5.46. The molecule has 0 bridgehead atoms. The molecule has 3 nitrogen and oxygen atoms in total. The molecule has 0 fully saturated rings. The number of fused-ring (bicyclic) bond motifs is 1. The van der Waals surface area contributed by atoms with Gasteiger partial charge in [-0.3, -0.25) is 4.79 Å². The zero-order chi connectivity index (χ0) is 16.2. The molecule has 0 saturated carbocycles. The van der Waals surface area contributed by atoms with Gasteiger partial charge >= 0.3 is 5.97 Å². The van der Waals surface area contributed by atoms with Crippen LogP contribution in [0.5, 0.6) is 0 Å². The number of nitrogens with zero attached hydrogens (tertiary/aromatic N) is 1. The molecule has 3 rings (SSSR count). The van der Waals surface area contributed by atoms with E-state index in [4.69, 9.17) is 5.11 Å². The van der Waals surface area contributed by atoms with Gasteiger partial charge in [-0.05, 0) is 41.8 Å². The van der Waals surface area contributed by atoms with Gasteiger partial charge in [-0.2, -0.15) is 0 Å².